The van der Waals surface area contributed by atoms with Gasteiger partial charge in [0.2, 0.25) is 15.9 Å². The molecule has 2 aromatic carbocycles. The van der Waals surface area contributed by atoms with E-state index in [-0.39, 0.29) is 17.0 Å². The Balaban J connectivity index is 1.36. The first-order valence-electron chi connectivity index (χ1n) is 11.8. The zero-order valence-corrected chi connectivity index (χ0v) is 21.6. The van der Waals surface area contributed by atoms with Gasteiger partial charge < -0.3 is 4.42 Å². The van der Waals surface area contributed by atoms with Gasteiger partial charge in [-0.2, -0.15) is 4.31 Å². The van der Waals surface area contributed by atoms with Gasteiger partial charge in [-0.15, -0.1) is 16.9 Å². The van der Waals surface area contributed by atoms with Gasteiger partial charge in [0.05, 0.1) is 11.3 Å². The monoisotopic (exact) mass is 514 g/mol. The summed E-state index contributed by atoms with van der Waals surface area (Å²) in [5.41, 5.74) is 1.33. The fourth-order valence-electron chi connectivity index (χ4n) is 4.18. The van der Waals surface area contributed by atoms with E-state index in [2.05, 4.69) is 34.6 Å². The molecule has 0 spiro atoms. The lowest BCUT2D eigenvalue weighted by atomic mass is 9.96. The fourth-order valence-corrected chi connectivity index (χ4v) is 6.25. The Morgan fingerprint density at radius 2 is 1.74 bits per heavy atom. The lowest BCUT2D eigenvalue weighted by Gasteiger charge is -2.30. The summed E-state index contributed by atoms with van der Waals surface area (Å²) in [6.07, 6.45) is 5.47. The molecule has 186 valence electrons. The van der Waals surface area contributed by atoms with Gasteiger partial charge >= 0.3 is 6.01 Å². The average molecular weight is 515 g/mol. The molecule has 10 heteroatoms. The molecule has 1 aromatic heterocycles. The van der Waals surface area contributed by atoms with Crippen molar-refractivity contribution in [3.63, 3.8) is 0 Å². The topological polar surface area (TPSA) is 105 Å². The highest BCUT2D eigenvalue weighted by Gasteiger charge is 2.29. The number of hydrogen-bond acceptors (Lipinski definition) is 7. The Labute approximate surface area is 210 Å². The van der Waals surface area contributed by atoms with Crippen LogP contribution in [0.3, 0.4) is 0 Å². The molecule has 1 fully saturated rings. The van der Waals surface area contributed by atoms with Crippen molar-refractivity contribution in [2.45, 2.75) is 61.3 Å². The van der Waals surface area contributed by atoms with Crippen LogP contribution in [0.25, 0.3) is 0 Å². The predicted molar refractivity (Wildman–Crippen MR) is 136 cm³/mol. The molecule has 0 saturated heterocycles. The molecule has 1 N–H and O–H groups in total. The van der Waals surface area contributed by atoms with Crippen LogP contribution in [0.5, 0.6) is 0 Å². The second-order valence-corrected chi connectivity index (χ2v) is 11.9. The van der Waals surface area contributed by atoms with E-state index in [1.54, 1.807) is 18.8 Å². The van der Waals surface area contributed by atoms with Gasteiger partial charge in [0.25, 0.3) is 5.91 Å². The molecule has 3 aromatic rings. The maximum Gasteiger partial charge on any atom is 0.322 e. The van der Waals surface area contributed by atoms with Crippen LogP contribution in [0.1, 0.15) is 60.8 Å². The molecule has 1 aliphatic carbocycles. The van der Waals surface area contributed by atoms with Crippen LogP contribution in [-0.4, -0.2) is 47.7 Å². The first-order chi connectivity index (χ1) is 16.9. The van der Waals surface area contributed by atoms with Gasteiger partial charge in [0, 0.05) is 23.5 Å². The van der Waals surface area contributed by atoms with Gasteiger partial charge in [0.1, 0.15) is 0 Å². The maximum atomic E-state index is 13.0. The number of amides is 1. The zero-order chi connectivity index (χ0) is 24.8. The number of thioether (sulfide) groups is 1. The number of anilines is 1. The van der Waals surface area contributed by atoms with Gasteiger partial charge in [0.15, 0.2) is 0 Å². The van der Waals surface area contributed by atoms with E-state index in [9.17, 15) is 13.2 Å². The smallest absolute Gasteiger partial charge is 0.322 e. The summed E-state index contributed by atoms with van der Waals surface area (Å²) in [7, 11) is -1.98. The second-order valence-electron chi connectivity index (χ2n) is 8.55. The van der Waals surface area contributed by atoms with E-state index < -0.39 is 15.9 Å². The van der Waals surface area contributed by atoms with E-state index in [0.717, 1.165) is 43.4 Å². The summed E-state index contributed by atoms with van der Waals surface area (Å²) < 4.78 is 33.0. The van der Waals surface area contributed by atoms with E-state index >= 15 is 0 Å². The second kappa shape index (κ2) is 11.4. The van der Waals surface area contributed by atoms with Gasteiger partial charge in [-0.25, -0.2) is 8.42 Å². The minimum absolute atomic E-state index is 0.00288. The molecule has 0 aliphatic heterocycles. The molecule has 1 heterocycles. The fraction of sp³-hybridized carbons (Fsp3) is 0.400. The number of carbonyl (C=O) groups excluding carboxylic acids is 1. The predicted octanol–water partition coefficient (Wildman–Crippen LogP) is 4.98. The molecule has 1 aliphatic rings. The van der Waals surface area contributed by atoms with E-state index in [1.807, 2.05) is 12.1 Å². The molecule has 0 bridgehead atoms. The Morgan fingerprint density at radius 1 is 1.06 bits per heavy atom. The van der Waals surface area contributed by atoms with Crippen LogP contribution >= 0.6 is 11.8 Å². The Kier molecular flexibility index (Phi) is 8.25. The van der Waals surface area contributed by atoms with Crippen molar-refractivity contribution >= 4 is 33.7 Å². The van der Waals surface area contributed by atoms with Crippen LogP contribution in [0, 0.1) is 0 Å². The SMILES string of the molecule is CCSc1ccc(Cc2nnc(NC(=O)c3ccc(S(=O)(=O)N(C)C4CCCCC4)cc3)o2)cc1. The number of nitrogens with zero attached hydrogens (tertiary/aromatic N) is 3. The van der Waals surface area contributed by atoms with Crippen LogP contribution < -0.4 is 5.32 Å². The van der Waals surface area contributed by atoms with E-state index in [0.29, 0.717) is 17.9 Å². The summed E-state index contributed by atoms with van der Waals surface area (Å²) >= 11 is 1.77. The number of aromatic nitrogens is 2. The lowest BCUT2D eigenvalue weighted by molar-refractivity contribution is 0.102. The van der Waals surface area contributed by atoms with Gasteiger partial charge in [-0.1, -0.05) is 43.4 Å². The van der Waals surface area contributed by atoms with Gasteiger partial charge in [-0.05, 0) is 60.6 Å². The van der Waals surface area contributed by atoms with E-state index in [4.69, 9.17) is 4.42 Å². The minimum Gasteiger partial charge on any atom is -0.407 e. The summed E-state index contributed by atoms with van der Waals surface area (Å²) in [6.45, 7) is 2.11. The Morgan fingerprint density at radius 3 is 2.40 bits per heavy atom. The van der Waals surface area contributed by atoms with Crippen LogP contribution in [0.4, 0.5) is 6.01 Å². The highest BCUT2D eigenvalue weighted by molar-refractivity contribution is 7.99. The first kappa shape index (κ1) is 25.4. The normalized spacial score (nSPS) is 14.8. The van der Waals surface area contributed by atoms with Crippen molar-refractivity contribution in [1.82, 2.24) is 14.5 Å². The minimum atomic E-state index is -3.61. The average Bonchev–Trinajstić information content (AvgIpc) is 3.32. The van der Waals surface area contributed by atoms with Crippen LogP contribution in [0.15, 0.2) is 62.7 Å². The zero-order valence-electron chi connectivity index (χ0n) is 19.9. The number of sulfonamides is 1. The van der Waals surface area contributed by atoms with E-state index in [1.165, 1.54) is 33.5 Å². The highest BCUT2D eigenvalue weighted by atomic mass is 32.2. The third-order valence-electron chi connectivity index (χ3n) is 6.16. The molecule has 0 unspecified atom stereocenters. The number of carbonyl (C=O) groups is 1. The molecule has 1 amide bonds. The summed E-state index contributed by atoms with van der Waals surface area (Å²) in [4.78, 5) is 14.0. The van der Waals surface area contributed by atoms with Crippen LogP contribution in [0.2, 0.25) is 0 Å². The molecular weight excluding hydrogens is 484 g/mol. The Bertz CT molecular complexity index is 1240. The highest BCUT2D eigenvalue weighted by Crippen LogP contribution is 2.26. The molecule has 8 nitrogen and oxygen atoms in total. The number of rotatable bonds is 9. The van der Waals surface area contributed by atoms with Crippen molar-refractivity contribution in [3.05, 3.63) is 65.5 Å². The molecule has 0 atom stereocenters. The molecular formula is C25H30N4O4S2. The summed E-state index contributed by atoms with van der Waals surface area (Å²) in [6, 6.07) is 14.1. The standard InChI is InChI=1S/C25H30N4O4S2/c1-3-34-21-13-9-18(10-14-21)17-23-27-28-25(33-23)26-24(30)19-11-15-22(16-12-19)35(31,32)29(2)20-7-5-4-6-8-20/h9-16,20H,3-8,17H2,1-2H3,(H,26,28,30). The van der Waals surface area contributed by atoms with Crippen molar-refractivity contribution in [1.29, 1.82) is 0 Å². The summed E-state index contributed by atoms with van der Waals surface area (Å²) in [5.74, 6) is 0.955. The number of benzene rings is 2. The Hall–Kier alpha value is -2.69. The van der Waals surface area contributed by atoms with Gasteiger partial charge in [-0.3, -0.25) is 10.1 Å². The first-order valence-corrected chi connectivity index (χ1v) is 14.2. The third kappa shape index (κ3) is 6.31. The largest absolute Gasteiger partial charge is 0.407 e. The van der Waals surface area contributed by atoms with Crippen molar-refractivity contribution < 1.29 is 17.6 Å². The maximum absolute atomic E-state index is 13.0. The van der Waals surface area contributed by atoms with Crippen LogP contribution in [-0.2, 0) is 16.4 Å². The van der Waals surface area contributed by atoms with Crippen molar-refractivity contribution in [3.8, 4) is 0 Å². The van der Waals surface area contributed by atoms with Crippen molar-refractivity contribution in [2.75, 3.05) is 18.1 Å². The molecule has 1 saturated carbocycles. The molecule has 0 radical (unpaired) electrons. The molecule has 35 heavy (non-hydrogen) atoms. The number of hydrogen-bond donors (Lipinski definition) is 1. The summed E-state index contributed by atoms with van der Waals surface area (Å²) in [5, 5.41) is 10.5. The molecule has 4 rings (SSSR count). The third-order valence-corrected chi connectivity index (χ3v) is 8.98. The quantitative estimate of drug-likeness (QED) is 0.402. The lowest BCUT2D eigenvalue weighted by Crippen LogP contribution is -2.38. The van der Waals surface area contributed by atoms with Crippen molar-refractivity contribution in [2.24, 2.45) is 0 Å². The number of nitrogens with one attached hydrogen (secondary N) is 1.